The first-order valence-corrected chi connectivity index (χ1v) is 16.4. The van der Waals surface area contributed by atoms with Gasteiger partial charge >= 0.3 is 11.9 Å². The van der Waals surface area contributed by atoms with Crippen molar-refractivity contribution in [1.82, 2.24) is 4.57 Å². The average Bonchev–Trinajstić information content (AvgIpc) is 3.27. The topological polar surface area (TPSA) is 115 Å². The van der Waals surface area contributed by atoms with Gasteiger partial charge in [-0.2, -0.15) is 0 Å². The number of fused-ring (bicyclic) bond motifs is 1. The zero-order chi connectivity index (χ0) is 31.3. The molecular weight excluding hydrogens is 802 g/mol. The monoisotopic (exact) mass is 832 g/mol. The first kappa shape index (κ1) is 33.0. The summed E-state index contributed by atoms with van der Waals surface area (Å²) in [5.41, 5.74) is 1.82. The Bertz CT molecular complexity index is 1740. The van der Waals surface area contributed by atoms with E-state index in [-0.39, 0.29) is 24.3 Å². The summed E-state index contributed by atoms with van der Waals surface area (Å²) < 4.78 is 31.1. The summed E-state index contributed by atoms with van der Waals surface area (Å²) in [4.78, 5) is 44.1. The van der Waals surface area contributed by atoms with Crippen molar-refractivity contribution < 1.29 is 33.3 Å². The number of carbonyl (C=O) groups excluding carboxylic acids is 2. The molecule has 1 aliphatic heterocycles. The number of hydrogen-bond donors (Lipinski definition) is 0. The van der Waals surface area contributed by atoms with Crippen LogP contribution in [0.3, 0.4) is 0 Å². The molecule has 2 aromatic carbocycles. The van der Waals surface area contributed by atoms with Gasteiger partial charge in [0.2, 0.25) is 0 Å². The van der Waals surface area contributed by atoms with Crippen LogP contribution in [0, 0.1) is 7.14 Å². The van der Waals surface area contributed by atoms with E-state index in [9.17, 15) is 14.4 Å². The number of halogens is 2. The van der Waals surface area contributed by atoms with Gasteiger partial charge in [0.25, 0.3) is 5.56 Å². The summed E-state index contributed by atoms with van der Waals surface area (Å²) in [6, 6.07) is 8.15. The van der Waals surface area contributed by atoms with Crippen LogP contribution in [0.4, 0.5) is 0 Å². The maximum absolute atomic E-state index is 14.0. The second-order valence-electron chi connectivity index (χ2n) is 9.05. The molecule has 0 N–H and O–H groups in total. The molecule has 0 saturated carbocycles. The van der Waals surface area contributed by atoms with Crippen LogP contribution in [0.15, 0.2) is 51.4 Å². The number of nitrogens with zero attached hydrogens (tertiary/aromatic N) is 2. The van der Waals surface area contributed by atoms with Gasteiger partial charge < -0.3 is 23.7 Å². The zero-order valence-corrected chi connectivity index (χ0v) is 29.3. The van der Waals surface area contributed by atoms with E-state index in [0.717, 1.165) is 18.5 Å². The number of aromatic nitrogens is 1. The largest absolute Gasteiger partial charge is 0.492 e. The lowest BCUT2D eigenvalue weighted by molar-refractivity contribution is -0.143. The van der Waals surface area contributed by atoms with E-state index in [1.165, 1.54) is 23.0 Å². The summed E-state index contributed by atoms with van der Waals surface area (Å²) in [7, 11) is 1.28. The number of methoxy groups -OCH3 is 1. The Hall–Kier alpha value is -2.92. The molecule has 0 spiro atoms. The van der Waals surface area contributed by atoms with Crippen LogP contribution in [0.1, 0.15) is 44.9 Å². The van der Waals surface area contributed by atoms with Crippen molar-refractivity contribution in [3.8, 4) is 17.2 Å². The predicted molar refractivity (Wildman–Crippen MR) is 179 cm³/mol. The van der Waals surface area contributed by atoms with Gasteiger partial charge in [0, 0.05) is 0 Å². The predicted octanol–water partition coefficient (Wildman–Crippen LogP) is 4.36. The van der Waals surface area contributed by atoms with E-state index in [2.05, 4.69) is 54.9 Å². The van der Waals surface area contributed by atoms with Crippen LogP contribution < -0.4 is 29.1 Å². The molecule has 13 heteroatoms. The van der Waals surface area contributed by atoms with Crippen LogP contribution in [-0.2, 0) is 19.1 Å². The molecule has 1 aliphatic rings. The highest BCUT2D eigenvalue weighted by molar-refractivity contribution is 14.1. The van der Waals surface area contributed by atoms with E-state index in [1.807, 2.05) is 32.1 Å². The van der Waals surface area contributed by atoms with Crippen LogP contribution in [0.5, 0.6) is 17.2 Å². The second kappa shape index (κ2) is 14.7. The number of rotatable bonds is 11. The molecule has 0 saturated heterocycles. The smallest absolute Gasteiger partial charge is 0.343 e. The Morgan fingerprint density at radius 1 is 1.00 bits per heavy atom. The number of thiazole rings is 1. The van der Waals surface area contributed by atoms with Crippen LogP contribution >= 0.6 is 56.5 Å². The molecule has 3 aromatic rings. The van der Waals surface area contributed by atoms with E-state index in [4.69, 9.17) is 18.9 Å². The first-order valence-electron chi connectivity index (χ1n) is 13.4. The van der Waals surface area contributed by atoms with Crippen molar-refractivity contribution in [2.24, 2.45) is 4.99 Å². The lowest BCUT2D eigenvalue weighted by atomic mass is 9.95. The molecule has 228 valence electrons. The van der Waals surface area contributed by atoms with Crippen molar-refractivity contribution in [2.75, 3.05) is 33.5 Å². The normalized spacial score (nSPS) is 14.6. The van der Waals surface area contributed by atoms with Gasteiger partial charge in [-0.15, -0.1) is 0 Å². The standard InChI is InChI=1S/C30H30I2N2O8S/c1-6-39-22-14-18(9-10-21(22)42-15-24(35)38-5)26-25(29(37)41-8-3)16(4)33-30-34(26)28(36)23(43-30)13-17-11-19(31)27(40-7-2)20(32)12-17/h9-14,26H,6-8,15H2,1-5H3/b23-13-/t26-/m1/s1. The summed E-state index contributed by atoms with van der Waals surface area (Å²) in [5.74, 6) is 0.367. The van der Waals surface area contributed by atoms with Crippen LogP contribution in [-0.4, -0.2) is 50.0 Å². The molecule has 2 heterocycles. The fourth-order valence-electron chi connectivity index (χ4n) is 4.48. The molecule has 0 bridgehead atoms. The fraction of sp³-hybridized carbons (Fsp3) is 0.333. The lowest BCUT2D eigenvalue weighted by Gasteiger charge is -2.25. The molecule has 0 radical (unpaired) electrons. The highest BCUT2D eigenvalue weighted by Crippen LogP contribution is 2.36. The van der Waals surface area contributed by atoms with Crippen LogP contribution in [0.25, 0.3) is 6.08 Å². The third-order valence-electron chi connectivity index (χ3n) is 6.28. The number of benzene rings is 2. The maximum Gasteiger partial charge on any atom is 0.343 e. The van der Waals surface area contributed by atoms with Gasteiger partial charge in [-0.3, -0.25) is 9.36 Å². The molecule has 1 atom stereocenters. The molecule has 4 rings (SSSR count). The highest BCUT2D eigenvalue weighted by Gasteiger charge is 2.34. The number of hydrogen-bond acceptors (Lipinski definition) is 10. The quantitative estimate of drug-likeness (QED) is 0.207. The Kier molecular flexibility index (Phi) is 11.3. The van der Waals surface area contributed by atoms with Gasteiger partial charge in [0.1, 0.15) is 5.75 Å². The zero-order valence-electron chi connectivity index (χ0n) is 24.2. The van der Waals surface area contributed by atoms with Gasteiger partial charge in [-0.05, 0) is 114 Å². The molecule has 0 fully saturated rings. The second-order valence-corrected chi connectivity index (χ2v) is 12.4. The third-order valence-corrected chi connectivity index (χ3v) is 8.87. The highest BCUT2D eigenvalue weighted by atomic mass is 127. The number of carbonyl (C=O) groups is 2. The Balaban J connectivity index is 1.89. The van der Waals surface area contributed by atoms with Crippen molar-refractivity contribution in [2.45, 2.75) is 33.7 Å². The van der Waals surface area contributed by atoms with Crippen molar-refractivity contribution in [3.05, 3.63) is 79.6 Å². The maximum atomic E-state index is 14.0. The Morgan fingerprint density at radius 3 is 2.33 bits per heavy atom. The Morgan fingerprint density at radius 2 is 1.70 bits per heavy atom. The molecule has 43 heavy (non-hydrogen) atoms. The first-order chi connectivity index (χ1) is 20.6. The number of ether oxygens (including phenoxy) is 5. The lowest BCUT2D eigenvalue weighted by Crippen LogP contribution is -2.40. The minimum Gasteiger partial charge on any atom is -0.492 e. The van der Waals surface area contributed by atoms with E-state index in [1.54, 1.807) is 32.0 Å². The van der Waals surface area contributed by atoms with Crippen LogP contribution in [0.2, 0.25) is 0 Å². The molecule has 0 unspecified atom stereocenters. The molecule has 10 nitrogen and oxygen atoms in total. The summed E-state index contributed by atoms with van der Waals surface area (Å²) in [5, 5.41) is 0. The van der Waals surface area contributed by atoms with Gasteiger partial charge in [0.15, 0.2) is 22.9 Å². The minimum atomic E-state index is -0.841. The number of allylic oxidation sites excluding steroid dienone is 1. The average molecular weight is 832 g/mol. The Labute approximate surface area is 279 Å². The van der Waals surface area contributed by atoms with Crippen molar-refractivity contribution in [1.29, 1.82) is 0 Å². The van der Waals surface area contributed by atoms with Crippen molar-refractivity contribution in [3.63, 3.8) is 0 Å². The summed E-state index contributed by atoms with van der Waals surface area (Å²) in [6.45, 7) is 7.92. The summed E-state index contributed by atoms with van der Waals surface area (Å²) >= 11 is 5.69. The summed E-state index contributed by atoms with van der Waals surface area (Å²) in [6.07, 6.45) is 1.82. The number of esters is 2. The fourth-order valence-corrected chi connectivity index (χ4v) is 7.66. The van der Waals surface area contributed by atoms with E-state index < -0.39 is 18.0 Å². The van der Waals surface area contributed by atoms with Gasteiger partial charge in [-0.1, -0.05) is 17.4 Å². The SMILES string of the molecule is CCOC(=O)C1=C(C)N=c2s/c(=C\c3cc(I)c(OCC)c(I)c3)c(=O)n2[C@@H]1c1ccc(OCC(=O)OC)c(OCC)c1. The van der Waals surface area contributed by atoms with E-state index in [0.29, 0.717) is 45.3 Å². The van der Waals surface area contributed by atoms with Crippen molar-refractivity contribution >= 4 is 74.5 Å². The van der Waals surface area contributed by atoms with Gasteiger partial charge in [-0.25, -0.2) is 14.6 Å². The minimum absolute atomic E-state index is 0.159. The van der Waals surface area contributed by atoms with Gasteiger partial charge in [0.05, 0.1) is 55.9 Å². The molecular formula is C30H30I2N2O8S. The third kappa shape index (κ3) is 7.25. The van der Waals surface area contributed by atoms with E-state index >= 15 is 0 Å². The molecule has 0 amide bonds. The molecule has 1 aromatic heterocycles. The molecule has 0 aliphatic carbocycles.